The van der Waals surface area contributed by atoms with Crippen LogP contribution in [0.15, 0.2) is 6.20 Å². The Hall–Kier alpha value is -0.580. The largest absolute Gasteiger partial charge is 0.383 e. The molecule has 2 rings (SSSR count). The van der Waals surface area contributed by atoms with Crippen LogP contribution in [0.1, 0.15) is 32.4 Å². The number of aryl methyl sites for hydroxylation is 1. The number of hydrogen-bond acceptors (Lipinski definition) is 3. The molecule has 1 aromatic heterocycles. The lowest BCUT2D eigenvalue weighted by molar-refractivity contribution is -0.150. The summed E-state index contributed by atoms with van der Waals surface area (Å²) < 4.78 is 7.25. The molecule has 0 spiro atoms. The molecule has 4 nitrogen and oxygen atoms in total. The Labute approximate surface area is 100 Å². The summed E-state index contributed by atoms with van der Waals surface area (Å²) in [6.45, 7) is 4.48. The lowest BCUT2D eigenvalue weighted by Gasteiger charge is -2.41. The Morgan fingerprint density at radius 1 is 1.56 bits per heavy atom. The average Bonchev–Trinajstić information content (AvgIpc) is 2.44. The van der Waals surface area contributed by atoms with Crippen LogP contribution in [0.5, 0.6) is 0 Å². The predicted octanol–water partition coefficient (Wildman–Crippen LogP) is 1.85. The molecule has 0 amide bonds. The first-order chi connectivity index (χ1) is 7.34. The number of hydrogen-bond donors (Lipinski definition) is 1. The number of aromatic nitrogens is 2. The van der Waals surface area contributed by atoms with Gasteiger partial charge < -0.3 is 9.84 Å². The Balaban J connectivity index is 2.39. The number of rotatable bonds is 1. The Morgan fingerprint density at radius 3 is 2.75 bits per heavy atom. The molecule has 0 aliphatic carbocycles. The van der Waals surface area contributed by atoms with Gasteiger partial charge in [0.05, 0.1) is 29.1 Å². The number of aliphatic hydroxyl groups is 1. The molecule has 0 radical (unpaired) electrons. The maximum Gasteiger partial charge on any atom is 0.113 e. The van der Waals surface area contributed by atoms with Gasteiger partial charge in [-0.25, -0.2) is 0 Å². The second-order valence-corrected chi connectivity index (χ2v) is 5.44. The van der Waals surface area contributed by atoms with Crippen LogP contribution < -0.4 is 0 Å². The van der Waals surface area contributed by atoms with Crippen molar-refractivity contribution in [3.8, 4) is 0 Å². The molecule has 5 heteroatoms. The summed E-state index contributed by atoms with van der Waals surface area (Å²) in [5, 5.41) is 15.3. The van der Waals surface area contributed by atoms with Gasteiger partial charge in [0.1, 0.15) is 5.60 Å². The van der Waals surface area contributed by atoms with Gasteiger partial charge in [0, 0.05) is 19.9 Å². The van der Waals surface area contributed by atoms with Gasteiger partial charge in [0.25, 0.3) is 0 Å². The normalized spacial score (nSPS) is 29.3. The molecule has 1 unspecified atom stereocenters. The number of nitrogens with zero attached hydrogens (tertiary/aromatic N) is 2. The van der Waals surface area contributed by atoms with Gasteiger partial charge in [-0.3, -0.25) is 4.68 Å². The quantitative estimate of drug-likeness (QED) is 0.820. The van der Waals surface area contributed by atoms with Gasteiger partial charge in [-0.1, -0.05) is 11.6 Å². The van der Waals surface area contributed by atoms with Crippen molar-refractivity contribution in [2.45, 2.75) is 37.9 Å². The third-order valence-electron chi connectivity index (χ3n) is 3.06. The van der Waals surface area contributed by atoms with E-state index in [9.17, 15) is 5.11 Å². The van der Waals surface area contributed by atoms with E-state index in [1.165, 1.54) is 0 Å². The van der Waals surface area contributed by atoms with E-state index in [1.807, 2.05) is 13.8 Å². The van der Waals surface area contributed by atoms with E-state index in [0.29, 0.717) is 30.2 Å². The molecule has 1 saturated heterocycles. The zero-order valence-corrected chi connectivity index (χ0v) is 10.6. The molecule has 0 saturated carbocycles. The smallest absolute Gasteiger partial charge is 0.113 e. The van der Waals surface area contributed by atoms with Crippen LogP contribution in [0.3, 0.4) is 0 Å². The molecular formula is C11H17ClN2O2. The van der Waals surface area contributed by atoms with Crippen molar-refractivity contribution in [3.63, 3.8) is 0 Å². The molecule has 0 bridgehead atoms. The number of ether oxygens (including phenoxy) is 1. The molecule has 1 N–H and O–H groups in total. The third-order valence-corrected chi connectivity index (χ3v) is 3.34. The Kier molecular flexibility index (Phi) is 2.77. The lowest BCUT2D eigenvalue weighted by atomic mass is 9.82. The fraction of sp³-hybridized carbons (Fsp3) is 0.727. The first-order valence-electron chi connectivity index (χ1n) is 5.38. The van der Waals surface area contributed by atoms with E-state index in [4.69, 9.17) is 16.3 Å². The van der Waals surface area contributed by atoms with E-state index in [2.05, 4.69) is 5.10 Å². The zero-order chi connectivity index (χ0) is 12.0. The Morgan fingerprint density at radius 2 is 2.25 bits per heavy atom. The molecule has 1 fully saturated rings. The molecule has 0 aromatic carbocycles. The van der Waals surface area contributed by atoms with Crippen LogP contribution >= 0.6 is 11.6 Å². The van der Waals surface area contributed by atoms with Crippen molar-refractivity contribution in [2.75, 3.05) is 6.61 Å². The summed E-state index contributed by atoms with van der Waals surface area (Å²) in [5.74, 6) is 0. The highest BCUT2D eigenvalue weighted by molar-refractivity contribution is 6.31. The molecule has 1 aliphatic heterocycles. The highest BCUT2D eigenvalue weighted by Gasteiger charge is 2.43. The van der Waals surface area contributed by atoms with E-state index in [0.717, 1.165) is 0 Å². The molecule has 1 aliphatic rings. The van der Waals surface area contributed by atoms with Gasteiger partial charge in [0.15, 0.2) is 0 Å². The number of halogens is 1. The minimum Gasteiger partial charge on any atom is -0.383 e. The second-order valence-electron chi connectivity index (χ2n) is 5.03. The minimum absolute atomic E-state index is 0.333. The molecule has 90 valence electrons. The molecule has 1 atom stereocenters. The molecular weight excluding hydrogens is 228 g/mol. The van der Waals surface area contributed by atoms with Gasteiger partial charge in [-0.2, -0.15) is 5.10 Å². The van der Waals surface area contributed by atoms with Gasteiger partial charge in [0.2, 0.25) is 0 Å². The van der Waals surface area contributed by atoms with E-state index in [1.54, 1.807) is 17.9 Å². The van der Waals surface area contributed by atoms with E-state index < -0.39 is 5.60 Å². The van der Waals surface area contributed by atoms with Crippen molar-refractivity contribution in [1.82, 2.24) is 9.78 Å². The fourth-order valence-corrected chi connectivity index (χ4v) is 2.82. The highest BCUT2D eigenvalue weighted by atomic mass is 35.5. The van der Waals surface area contributed by atoms with Crippen LogP contribution in [-0.2, 0) is 17.4 Å². The van der Waals surface area contributed by atoms with Crippen LogP contribution in [0.25, 0.3) is 0 Å². The first kappa shape index (κ1) is 11.9. The van der Waals surface area contributed by atoms with Crippen molar-refractivity contribution in [3.05, 3.63) is 16.9 Å². The summed E-state index contributed by atoms with van der Waals surface area (Å²) in [6.07, 6.45) is 2.65. The minimum atomic E-state index is -0.940. The average molecular weight is 245 g/mol. The van der Waals surface area contributed by atoms with E-state index >= 15 is 0 Å². The summed E-state index contributed by atoms with van der Waals surface area (Å²) in [6, 6.07) is 0. The Bertz CT molecular complexity index is 383. The fourth-order valence-electron chi connectivity index (χ4n) is 2.48. The van der Waals surface area contributed by atoms with Gasteiger partial charge >= 0.3 is 0 Å². The van der Waals surface area contributed by atoms with Crippen LogP contribution in [0, 0.1) is 0 Å². The molecule has 1 aromatic rings. The SMILES string of the molecule is Cn1ncc(Cl)c1C1(O)CCOC(C)(C)C1. The third kappa shape index (κ3) is 1.97. The molecule has 2 heterocycles. The van der Waals surface area contributed by atoms with Crippen molar-refractivity contribution < 1.29 is 9.84 Å². The highest BCUT2D eigenvalue weighted by Crippen LogP contribution is 2.41. The second kappa shape index (κ2) is 3.72. The maximum absolute atomic E-state index is 10.7. The van der Waals surface area contributed by atoms with Crippen molar-refractivity contribution in [1.29, 1.82) is 0 Å². The van der Waals surface area contributed by atoms with Crippen LogP contribution in [0.2, 0.25) is 5.02 Å². The summed E-state index contributed by atoms with van der Waals surface area (Å²) in [7, 11) is 1.79. The van der Waals surface area contributed by atoms with E-state index in [-0.39, 0.29) is 5.60 Å². The van der Waals surface area contributed by atoms with Crippen molar-refractivity contribution >= 4 is 11.6 Å². The summed E-state index contributed by atoms with van der Waals surface area (Å²) >= 11 is 6.08. The predicted molar refractivity (Wildman–Crippen MR) is 61.4 cm³/mol. The van der Waals surface area contributed by atoms with Crippen LogP contribution in [-0.4, -0.2) is 27.1 Å². The van der Waals surface area contributed by atoms with Gasteiger partial charge in [-0.05, 0) is 13.8 Å². The maximum atomic E-state index is 10.7. The zero-order valence-electron chi connectivity index (χ0n) is 9.83. The standard InChI is InChI=1S/C11H17ClN2O2/c1-10(2)7-11(15,4-5-16-10)9-8(12)6-13-14(9)3/h6,15H,4-5,7H2,1-3H3. The van der Waals surface area contributed by atoms with Crippen molar-refractivity contribution in [2.24, 2.45) is 7.05 Å². The molecule has 16 heavy (non-hydrogen) atoms. The summed E-state index contributed by atoms with van der Waals surface area (Å²) in [5.41, 5.74) is -0.587. The lowest BCUT2D eigenvalue weighted by Crippen LogP contribution is -2.45. The summed E-state index contributed by atoms with van der Waals surface area (Å²) in [4.78, 5) is 0. The topological polar surface area (TPSA) is 47.3 Å². The first-order valence-corrected chi connectivity index (χ1v) is 5.76. The monoisotopic (exact) mass is 244 g/mol. The van der Waals surface area contributed by atoms with Crippen LogP contribution in [0.4, 0.5) is 0 Å². The van der Waals surface area contributed by atoms with Gasteiger partial charge in [-0.15, -0.1) is 0 Å².